The van der Waals surface area contributed by atoms with Crippen molar-refractivity contribution >= 4 is 45.1 Å². The number of rotatable bonds is 4. The van der Waals surface area contributed by atoms with Crippen molar-refractivity contribution < 1.29 is 43.5 Å². The highest BCUT2D eigenvalue weighted by molar-refractivity contribution is 5.98. The van der Waals surface area contributed by atoms with Crippen LogP contribution in [0.3, 0.4) is 0 Å². The zero-order valence-electron chi connectivity index (χ0n) is 29.8. The molecule has 0 spiro atoms. The van der Waals surface area contributed by atoms with E-state index >= 15 is 0 Å². The zero-order valence-corrected chi connectivity index (χ0v) is 29.8. The normalized spacial score (nSPS) is 19.9. The van der Waals surface area contributed by atoms with Crippen molar-refractivity contribution in [1.29, 1.82) is 0 Å². The van der Waals surface area contributed by atoms with Gasteiger partial charge < -0.3 is 53.9 Å². The first kappa shape index (κ1) is 37.5. The molecule has 53 heavy (non-hydrogen) atoms. The summed E-state index contributed by atoms with van der Waals surface area (Å²) in [6.45, 7) is 10.2. The van der Waals surface area contributed by atoms with Crippen molar-refractivity contribution in [2.45, 2.75) is 25.9 Å². The number of carbonyl (C=O) groups is 2. The lowest BCUT2D eigenvalue weighted by molar-refractivity contribution is 0.0683. The van der Waals surface area contributed by atoms with E-state index in [9.17, 15) is 38.2 Å². The van der Waals surface area contributed by atoms with E-state index in [0.29, 0.717) is 60.1 Å². The summed E-state index contributed by atoms with van der Waals surface area (Å²) in [7, 11) is 4.03. The molecule has 0 amide bonds. The third-order valence-corrected chi connectivity index (χ3v) is 10.4. The first-order chi connectivity index (χ1) is 24.8. The molecule has 2 saturated heterocycles. The maximum atomic E-state index is 15.0. The van der Waals surface area contributed by atoms with Gasteiger partial charge in [0, 0.05) is 64.8 Å². The summed E-state index contributed by atoms with van der Waals surface area (Å²) < 4.78 is 45.1. The van der Waals surface area contributed by atoms with Crippen LogP contribution < -0.4 is 30.1 Å². The Kier molecular flexibility index (Phi) is 10.1. The van der Waals surface area contributed by atoms with Crippen molar-refractivity contribution in [3.05, 3.63) is 67.7 Å². The third-order valence-electron chi connectivity index (χ3n) is 10.4. The van der Waals surface area contributed by atoms with Crippen LogP contribution in [-0.2, 0) is 0 Å². The van der Waals surface area contributed by atoms with E-state index in [-0.39, 0.29) is 52.7 Å². The van der Waals surface area contributed by atoms with E-state index in [1.165, 1.54) is 12.4 Å². The number of nitrogens with zero attached hydrogens (tertiary/aromatic N) is 6. The van der Waals surface area contributed by atoms with E-state index in [0.717, 1.165) is 38.3 Å². The second kappa shape index (κ2) is 14.3. The third kappa shape index (κ3) is 6.42. The van der Waals surface area contributed by atoms with Crippen molar-refractivity contribution in [3.63, 3.8) is 0 Å². The number of anilines is 2. The lowest BCUT2D eigenvalue weighted by Gasteiger charge is -2.37. The maximum Gasteiger partial charge on any atom is 0.341 e. The summed E-state index contributed by atoms with van der Waals surface area (Å²) in [5, 5.41) is 18.7. The number of hydrogen-bond acceptors (Lipinski definition) is 10. The lowest BCUT2D eigenvalue weighted by atomic mass is 10.1. The summed E-state index contributed by atoms with van der Waals surface area (Å²) in [5.74, 6) is -3.09. The fourth-order valence-electron chi connectivity index (χ4n) is 7.38. The number of aromatic nitrogens is 2. The molecule has 0 bridgehead atoms. The molecular formula is C36H42F2N6O9. The Balaban J connectivity index is 0.000000178. The molecule has 6 heterocycles. The zero-order chi connectivity index (χ0) is 37.2. The van der Waals surface area contributed by atoms with Gasteiger partial charge in [-0.1, -0.05) is 0 Å². The number of aromatic carboxylic acids is 2. The minimum Gasteiger partial charge on any atom is -0.487 e. The van der Waals surface area contributed by atoms with Gasteiger partial charge in [-0.2, -0.15) is 0 Å². The van der Waals surface area contributed by atoms with Crippen LogP contribution in [0.1, 0.15) is 46.6 Å². The number of pyridine rings is 2. The summed E-state index contributed by atoms with van der Waals surface area (Å²) >= 11 is 0. The van der Waals surface area contributed by atoms with Crippen LogP contribution in [0.4, 0.5) is 20.2 Å². The van der Waals surface area contributed by atoms with Crippen LogP contribution in [0.25, 0.3) is 21.8 Å². The fourth-order valence-corrected chi connectivity index (χ4v) is 7.38. The number of ether oxygens (including phenoxy) is 2. The van der Waals surface area contributed by atoms with Crippen LogP contribution in [0.2, 0.25) is 0 Å². The standard InChI is InChI=1S/2C18H20FN3O4.H2O/c2*1-10-9-26-17-14-11(16(23)12(18(24)25)8-22(10)14)7-13(19)15(17)21-5-3-20(2)4-6-21;/h2*7-8,10H,3-6,9H2,1-2H3,(H,24,25);1H2/t2*10-;/m11./s1. The van der Waals surface area contributed by atoms with Crippen LogP contribution in [0.5, 0.6) is 11.5 Å². The average Bonchev–Trinajstić information content (AvgIpc) is 3.10. The van der Waals surface area contributed by atoms with Gasteiger partial charge in [-0.05, 0) is 40.1 Å². The highest BCUT2D eigenvalue weighted by atomic mass is 19.1. The maximum absolute atomic E-state index is 15.0. The largest absolute Gasteiger partial charge is 0.487 e. The highest BCUT2D eigenvalue weighted by Gasteiger charge is 2.33. The summed E-state index contributed by atoms with van der Waals surface area (Å²) in [4.78, 5) is 56.2. The Hall–Kier alpha value is -5.26. The van der Waals surface area contributed by atoms with Crippen molar-refractivity contribution in [1.82, 2.24) is 18.9 Å². The summed E-state index contributed by atoms with van der Waals surface area (Å²) in [5.41, 5.74) is -0.448. The molecule has 284 valence electrons. The molecule has 0 aliphatic carbocycles. The number of benzene rings is 2. The predicted octanol–water partition coefficient (Wildman–Crippen LogP) is 2.26. The lowest BCUT2D eigenvalue weighted by Crippen LogP contribution is -2.45. The fraction of sp³-hybridized carbons (Fsp3) is 0.444. The quantitative estimate of drug-likeness (QED) is 0.312. The van der Waals surface area contributed by atoms with E-state index in [1.807, 2.05) is 37.7 Å². The molecule has 17 heteroatoms. The summed E-state index contributed by atoms with van der Waals surface area (Å²) in [6, 6.07) is 1.99. The average molecular weight is 741 g/mol. The molecule has 0 unspecified atom stereocenters. The molecule has 0 radical (unpaired) electrons. The van der Waals surface area contributed by atoms with Gasteiger partial charge >= 0.3 is 11.9 Å². The van der Waals surface area contributed by atoms with Gasteiger partial charge in [0.25, 0.3) is 0 Å². The Bertz CT molecular complexity index is 2090. The monoisotopic (exact) mass is 740 g/mol. The SMILES string of the molecule is C[C@@H]1COc2c(N3CCN(C)CC3)c(F)cc3c(=O)c(C(=O)O)cn1c23.C[C@@H]1COc2c(N3CCN(C)CC3)c(F)cc3c(=O)c(C(=O)O)cn1c23.O. The van der Waals surface area contributed by atoms with Crippen molar-refractivity contribution in [2.75, 3.05) is 89.5 Å². The molecule has 2 fully saturated rings. The van der Waals surface area contributed by atoms with E-state index in [1.54, 1.807) is 9.13 Å². The van der Waals surface area contributed by atoms with Gasteiger partial charge in [0.1, 0.15) is 35.7 Å². The first-order valence-electron chi connectivity index (χ1n) is 17.2. The van der Waals surface area contributed by atoms with Crippen molar-refractivity contribution in [3.8, 4) is 11.5 Å². The molecule has 2 atom stereocenters. The number of piperazine rings is 2. The predicted molar refractivity (Wildman–Crippen MR) is 194 cm³/mol. The van der Waals surface area contributed by atoms with Crippen LogP contribution in [-0.4, -0.2) is 126 Å². The second-order valence-corrected chi connectivity index (χ2v) is 13.9. The minimum absolute atomic E-state index is 0. The van der Waals surface area contributed by atoms with E-state index < -0.39 is 34.4 Å². The van der Waals surface area contributed by atoms with Gasteiger partial charge in [-0.3, -0.25) is 9.59 Å². The highest BCUT2D eigenvalue weighted by Crippen LogP contribution is 2.43. The van der Waals surface area contributed by atoms with E-state index in [4.69, 9.17) is 9.47 Å². The minimum atomic E-state index is -1.32. The Morgan fingerprint density at radius 3 is 1.32 bits per heavy atom. The number of halogens is 2. The molecule has 4 N–H and O–H groups in total. The number of likely N-dealkylation sites (N-methyl/N-ethyl adjacent to an activating group) is 2. The van der Waals surface area contributed by atoms with Gasteiger partial charge in [-0.25, -0.2) is 18.4 Å². The molecule has 4 aliphatic rings. The molecule has 0 saturated carbocycles. The number of hydrogen-bond donors (Lipinski definition) is 2. The first-order valence-corrected chi connectivity index (χ1v) is 17.2. The molecule has 2 aromatic carbocycles. The molecule has 4 aliphatic heterocycles. The van der Waals surface area contributed by atoms with Crippen LogP contribution >= 0.6 is 0 Å². The second-order valence-electron chi connectivity index (χ2n) is 13.9. The van der Waals surface area contributed by atoms with Crippen molar-refractivity contribution in [2.24, 2.45) is 0 Å². The van der Waals surface area contributed by atoms with Gasteiger partial charge in [0.2, 0.25) is 10.9 Å². The number of carboxylic acids is 2. The Morgan fingerprint density at radius 2 is 1.00 bits per heavy atom. The molecule has 8 rings (SSSR count). The van der Waals surface area contributed by atoms with Crippen LogP contribution in [0, 0.1) is 11.6 Å². The molecule has 15 nitrogen and oxygen atoms in total. The molecular weight excluding hydrogens is 698 g/mol. The molecule has 2 aromatic heterocycles. The van der Waals surface area contributed by atoms with Gasteiger partial charge in [0.05, 0.1) is 33.9 Å². The smallest absolute Gasteiger partial charge is 0.341 e. The number of carboxylic acid groups (broad SMARTS) is 2. The van der Waals surface area contributed by atoms with Crippen LogP contribution in [0.15, 0.2) is 34.1 Å². The Labute approximate surface area is 302 Å². The summed E-state index contributed by atoms with van der Waals surface area (Å²) in [6.07, 6.45) is 2.69. The van der Waals surface area contributed by atoms with E-state index in [2.05, 4.69) is 9.80 Å². The Morgan fingerprint density at radius 1 is 0.660 bits per heavy atom. The topological polar surface area (TPSA) is 182 Å². The van der Waals surface area contributed by atoms with Gasteiger partial charge in [-0.15, -0.1) is 0 Å². The molecule has 4 aromatic rings. The van der Waals surface area contributed by atoms with Gasteiger partial charge in [0.15, 0.2) is 23.1 Å².